The van der Waals surface area contributed by atoms with Crippen molar-refractivity contribution in [3.8, 4) is 5.75 Å². The maximum absolute atomic E-state index is 12.0. The summed E-state index contributed by atoms with van der Waals surface area (Å²) in [7, 11) is 0. The van der Waals surface area contributed by atoms with Crippen molar-refractivity contribution in [1.29, 1.82) is 0 Å². The molecule has 5 heteroatoms. The second-order valence-electron chi connectivity index (χ2n) is 4.88. The topological polar surface area (TPSA) is 83.6 Å². The predicted molar refractivity (Wildman–Crippen MR) is 63.2 cm³/mol. The molecule has 1 heterocycles. The van der Waals surface area contributed by atoms with Crippen molar-refractivity contribution in [2.24, 2.45) is 23.5 Å². The van der Waals surface area contributed by atoms with Crippen LogP contribution in [0.5, 0.6) is 5.75 Å². The molecule has 1 saturated heterocycles. The average Bonchev–Trinajstić information content (AvgIpc) is 3.05. The number of imide groups is 1. The summed E-state index contributed by atoms with van der Waals surface area (Å²) in [5, 5.41) is 9.18. The fraction of sp³-hybridized carbons (Fsp3) is 0.385. The van der Waals surface area contributed by atoms with Gasteiger partial charge in [-0.1, -0.05) is 12.1 Å². The summed E-state index contributed by atoms with van der Waals surface area (Å²) in [6.07, 6.45) is 0. The lowest BCUT2D eigenvalue weighted by atomic mass is 10.2. The minimum Gasteiger partial charge on any atom is -0.508 e. The molecule has 2 atom stereocenters. The number of hydrogen-bond acceptors (Lipinski definition) is 4. The van der Waals surface area contributed by atoms with Gasteiger partial charge in [-0.15, -0.1) is 0 Å². The summed E-state index contributed by atoms with van der Waals surface area (Å²) in [5.41, 5.74) is 6.35. The van der Waals surface area contributed by atoms with Crippen LogP contribution in [0.1, 0.15) is 5.56 Å². The number of benzene rings is 1. The van der Waals surface area contributed by atoms with E-state index < -0.39 is 0 Å². The third-order valence-electron chi connectivity index (χ3n) is 3.82. The summed E-state index contributed by atoms with van der Waals surface area (Å²) in [6, 6.07) is 6.51. The van der Waals surface area contributed by atoms with Crippen LogP contribution in [0, 0.1) is 17.8 Å². The van der Waals surface area contributed by atoms with Crippen LogP contribution >= 0.6 is 0 Å². The van der Waals surface area contributed by atoms with Gasteiger partial charge in [-0.2, -0.15) is 0 Å². The van der Waals surface area contributed by atoms with Crippen molar-refractivity contribution in [3.05, 3.63) is 29.8 Å². The van der Waals surface area contributed by atoms with Gasteiger partial charge in [-0.25, -0.2) is 0 Å². The summed E-state index contributed by atoms with van der Waals surface area (Å²) < 4.78 is 0. The van der Waals surface area contributed by atoms with E-state index >= 15 is 0 Å². The molecule has 0 radical (unpaired) electrons. The second kappa shape index (κ2) is 3.81. The Morgan fingerprint density at radius 2 is 1.67 bits per heavy atom. The van der Waals surface area contributed by atoms with Gasteiger partial charge in [0.15, 0.2) is 0 Å². The van der Waals surface area contributed by atoms with Gasteiger partial charge in [0, 0.05) is 0 Å². The van der Waals surface area contributed by atoms with E-state index in [1.54, 1.807) is 24.3 Å². The van der Waals surface area contributed by atoms with E-state index in [1.807, 2.05) is 0 Å². The molecule has 1 aliphatic heterocycles. The molecule has 2 amide bonds. The molecule has 3 rings (SSSR count). The number of aromatic hydroxyl groups is 1. The Morgan fingerprint density at radius 1 is 1.11 bits per heavy atom. The number of likely N-dealkylation sites (tertiary alicyclic amines) is 1. The number of nitrogens with two attached hydrogens (primary N) is 1. The van der Waals surface area contributed by atoms with E-state index in [4.69, 9.17) is 5.73 Å². The smallest absolute Gasteiger partial charge is 0.233 e. The van der Waals surface area contributed by atoms with E-state index in [9.17, 15) is 14.7 Å². The highest BCUT2D eigenvalue weighted by atomic mass is 16.3. The van der Waals surface area contributed by atoms with Crippen molar-refractivity contribution < 1.29 is 14.7 Å². The molecule has 1 saturated carbocycles. The minimum atomic E-state index is -0.181. The van der Waals surface area contributed by atoms with E-state index in [1.165, 1.54) is 4.90 Å². The first-order valence-electron chi connectivity index (χ1n) is 5.96. The fourth-order valence-corrected chi connectivity index (χ4v) is 2.75. The maximum atomic E-state index is 12.0. The summed E-state index contributed by atoms with van der Waals surface area (Å²) >= 11 is 0. The van der Waals surface area contributed by atoms with Crippen molar-refractivity contribution in [2.45, 2.75) is 6.54 Å². The van der Waals surface area contributed by atoms with Gasteiger partial charge in [0.2, 0.25) is 11.8 Å². The van der Waals surface area contributed by atoms with Crippen LogP contribution in [0.3, 0.4) is 0 Å². The largest absolute Gasteiger partial charge is 0.508 e. The number of piperidine rings is 1. The normalized spacial score (nSPS) is 29.6. The molecule has 0 aromatic heterocycles. The van der Waals surface area contributed by atoms with Gasteiger partial charge >= 0.3 is 0 Å². The maximum Gasteiger partial charge on any atom is 0.233 e. The minimum absolute atomic E-state index is 0.0565. The number of phenolic OH excluding ortho intramolecular Hbond substituents is 1. The van der Waals surface area contributed by atoms with Crippen molar-refractivity contribution in [3.63, 3.8) is 0 Å². The van der Waals surface area contributed by atoms with E-state index in [-0.39, 0.29) is 41.9 Å². The Morgan fingerprint density at radius 3 is 2.17 bits per heavy atom. The van der Waals surface area contributed by atoms with Crippen LogP contribution in [0.25, 0.3) is 0 Å². The Balaban J connectivity index is 1.74. The number of fused-ring (bicyclic) bond motifs is 1. The van der Waals surface area contributed by atoms with Gasteiger partial charge in [0.25, 0.3) is 0 Å². The average molecular weight is 246 g/mol. The standard InChI is InChI=1S/C13H14N2O3/c14-5-9-10-11(9)13(18)15(12(10)17)6-7-1-3-8(16)4-2-7/h1-4,9-11,16H,5-6,14H2. The third-order valence-corrected chi connectivity index (χ3v) is 3.82. The Labute approximate surface area is 104 Å². The van der Waals surface area contributed by atoms with Crippen LogP contribution in [-0.4, -0.2) is 28.4 Å². The van der Waals surface area contributed by atoms with Crippen LogP contribution in [0.4, 0.5) is 0 Å². The Bertz CT molecular complexity index is 489. The number of phenols is 1. The molecule has 3 N–H and O–H groups in total. The highest BCUT2D eigenvalue weighted by Crippen LogP contribution is 2.52. The highest BCUT2D eigenvalue weighted by molar-refractivity contribution is 6.09. The molecule has 2 unspecified atom stereocenters. The fourth-order valence-electron chi connectivity index (χ4n) is 2.75. The van der Waals surface area contributed by atoms with Crippen molar-refractivity contribution >= 4 is 11.8 Å². The lowest BCUT2D eigenvalue weighted by Crippen LogP contribution is -2.35. The van der Waals surface area contributed by atoms with Gasteiger partial charge in [0.05, 0.1) is 18.4 Å². The first-order valence-corrected chi connectivity index (χ1v) is 5.96. The molecule has 1 aliphatic carbocycles. The monoisotopic (exact) mass is 246 g/mol. The summed E-state index contributed by atoms with van der Waals surface area (Å²) in [6.45, 7) is 0.683. The van der Waals surface area contributed by atoms with Crippen LogP contribution < -0.4 is 5.73 Å². The third kappa shape index (κ3) is 1.51. The highest BCUT2D eigenvalue weighted by Gasteiger charge is 2.66. The van der Waals surface area contributed by atoms with E-state index in [2.05, 4.69) is 0 Å². The first kappa shape index (κ1) is 11.2. The molecule has 18 heavy (non-hydrogen) atoms. The van der Waals surface area contributed by atoms with Gasteiger partial charge in [-0.3, -0.25) is 14.5 Å². The first-order chi connectivity index (χ1) is 8.63. The number of rotatable bonds is 3. The number of hydrogen-bond donors (Lipinski definition) is 2. The molecule has 2 fully saturated rings. The SMILES string of the molecule is NCC1C2C(=O)N(Cc3ccc(O)cc3)C(=O)C12. The number of carbonyl (C=O) groups excluding carboxylic acids is 2. The Kier molecular flexibility index (Phi) is 2.38. The molecule has 0 bridgehead atoms. The van der Waals surface area contributed by atoms with Gasteiger partial charge < -0.3 is 10.8 Å². The quantitative estimate of drug-likeness (QED) is 0.740. The molecule has 1 aromatic carbocycles. The number of carbonyl (C=O) groups is 2. The molecular formula is C13H14N2O3. The molecule has 0 spiro atoms. The zero-order valence-electron chi connectivity index (χ0n) is 9.74. The van der Waals surface area contributed by atoms with Crippen LogP contribution in [-0.2, 0) is 16.1 Å². The lowest BCUT2D eigenvalue weighted by molar-refractivity contribution is -0.142. The molecular weight excluding hydrogens is 232 g/mol. The predicted octanol–water partition coefficient (Wildman–Crippen LogP) is 0.0819. The van der Waals surface area contributed by atoms with Gasteiger partial charge in [0.1, 0.15) is 5.75 Å². The van der Waals surface area contributed by atoms with Crippen LogP contribution in [0.15, 0.2) is 24.3 Å². The van der Waals surface area contributed by atoms with Crippen LogP contribution in [0.2, 0.25) is 0 Å². The van der Waals surface area contributed by atoms with E-state index in [0.717, 1.165) is 5.56 Å². The number of nitrogens with zero attached hydrogens (tertiary/aromatic N) is 1. The summed E-state index contributed by atoms with van der Waals surface area (Å²) in [4.78, 5) is 25.3. The van der Waals surface area contributed by atoms with Gasteiger partial charge in [-0.05, 0) is 30.2 Å². The second-order valence-corrected chi connectivity index (χ2v) is 4.88. The number of amides is 2. The molecule has 94 valence electrons. The van der Waals surface area contributed by atoms with Crippen molar-refractivity contribution in [1.82, 2.24) is 4.90 Å². The molecule has 2 aliphatic rings. The van der Waals surface area contributed by atoms with Crippen molar-refractivity contribution in [2.75, 3.05) is 6.54 Å². The Hall–Kier alpha value is -1.88. The summed E-state index contributed by atoms with van der Waals surface area (Å²) in [5.74, 6) is -0.341. The molecule has 5 nitrogen and oxygen atoms in total. The molecule has 1 aromatic rings. The zero-order valence-corrected chi connectivity index (χ0v) is 9.74. The zero-order chi connectivity index (χ0) is 12.9. The van der Waals surface area contributed by atoms with E-state index in [0.29, 0.717) is 6.54 Å². The lowest BCUT2D eigenvalue weighted by Gasteiger charge is -2.18.